The lowest BCUT2D eigenvalue weighted by molar-refractivity contribution is -0.0930. The molecule has 0 bridgehead atoms. The SMILES string of the molecule is C=C(N)C1=C(O)[C@@H](CC)[C@]2(C)C[C@]3(C)Cc4c(N(C)C)cc(-c5cc(C)cc(C)c5)c(C)c4C(=C)C3=C(C)[C@]2(O)C1=C. The molecule has 0 spiro atoms. The van der Waals surface area contributed by atoms with Crippen molar-refractivity contribution < 1.29 is 10.2 Å². The zero-order chi connectivity index (χ0) is 31.3. The summed E-state index contributed by atoms with van der Waals surface area (Å²) < 4.78 is 0. The van der Waals surface area contributed by atoms with Crippen LogP contribution in [0.4, 0.5) is 5.69 Å². The molecule has 0 amide bonds. The van der Waals surface area contributed by atoms with E-state index in [1.807, 2.05) is 6.92 Å². The van der Waals surface area contributed by atoms with Gasteiger partial charge in [0.25, 0.3) is 0 Å². The average Bonchev–Trinajstić information content (AvgIpc) is 2.85. The van der Waals surface area contributed by atoms with Crippen LogP contribution in [0.25, 0.3) is 16.7 Å². The van der Waals surface area contributed by atoms with Gasteiger partial charge in [0, 0.05) is 42.4 Å². The van der Waals surface area contributed by atoms with Crippen molar-refractivity contribution in [2.45, 2.75) is 73.3 Å². The van der Waals surface area contributed by atoms with E-state index in [0.717, 1.165) is 23.1 Å². The van der Waals surface area contributed by atoms with Gasteiger partial charge in [0.1, 0.15) is 11.4 Å². The van der Waals surface area contributed by atoms with Gasteiger partial charge in [0.15, 0.2) is 0 Å². The van der Waals surface area contributed by atoms with E-state index >= 15 is 0 Å². The molecule has 0 unspecified atom stereocenters. The maximum Gasteiger partial charge on any atom is 0.117 e. The van der Waals surface area contributed by atoms with Gasteiger partial charge < -0.3 is 20.8 Å². The smallest absolute Gasteiger partial charge is 0.117 e. The van der Waals surface area contributed by atoms with E-state index in [-0.39, 0.29) is 22.8 Å². The number of benzene rings is 2. The minimum absolute atomic E-state index is 0.194. The summed E-state index contributed by atoms with van der Waals surface area (Å²) >= 11 is 0. The number of hydrogen-bond donors (Lipinski definition) is 3. The molecule has 0 saturated carbocycles. The zero-order valence-corrected chi connectivity index (χ0v) is 27.0. The standard InChI is InChI=1S/C38H48N2O2/c1-13-30-35(41)33(26(8)39)24(6)38(42)25(7)34-23(5)32-22(4)28(27-15-20(2)14-21(3)16-27)17-31(40(11)12)29(32)18-36(34,9)19-37(30,38)10/h14-17,30,41-42H,5-6,8,13,18-19,39H2,1-4,7,9-12H3/t30-,36+,37+,38-/m1/s1. The van der Waals surface area contributed by atoms with Gasteiger partial charge in [0.2, 0.25) is 0 Å². The van der Waals surface area contributed by atoms with Crippen molar-refractivity contribution in [1.82, 2.24) is 0 Å². The molecule has 42 heavy (non-hydrogen) atoms. The van der Waals surface area contributed by atoms with E-state index in [2.05, 4.69) is 98.0 Å². The topological polar surface area (TPSA) is 69.7 Å². The average molecular weight is 565 g/mol. The van der Waals surface area contributed by atoms with E-state index in [1.165, 1.54) is 44.6 Å². The summed E-state index contributed by atoms with van der Waals surface area (Å²) in [6.45, 7) is 28.1. The fourth-order valence-electron chi connectivity index (χ4n) is 9.34. The van der Waals surface area contributed by atoms with Crippen LogP contribution in [-0.2, 0) is 6.42 Å². The lowest BCUT2D eigenvalue weighted by Gasteiger charge is -2.62. The summed E-state index contributed by atoms with van der Waals surface area (Å²) in [5.41, 5.74) is 17.5. The summed E-state index contributed by atoms with van der Waals surface area (Å²) in [4.78, 5) is 2.22. The Hall–Kier alpha value is -3.50. The minimum atomic E-state index is -1.41. The van der Waals surface area contributed by atoms with Crippen molar-refractivity contribution in [2.24, 2.45) is 22.5 Å². The molecule has 222 valence electrons. The molecule has 4 N–H and O–H groups in total. The van der Waals surface area contributed by atoms with Gasteiger partial charge in [0.05, 0.1) is 0 Å². The van der Waals surface area contributed by atoms with Crippen LogP contribution in [0.3, 0.4) is 0 Å². The second kappa shape index (κ2) is 9.50. The summed E-state index contributed by atoms with van der Waals surface area (Å²) in [5, 5.41) is 24.4. The quantitative estimate of drug-likeness (QED) is 0.350. The molecular formula is C38H48N2O2. The Morgan fingerprint density at radius 2 is 1.64 bits per heavy atom. The van der Waals surface area contributed by atoms with Gasteiger partial charge in [-0.3, -0.25) is 0 Å². The van der Waals surface area contributed by atoms with Crippen molar-refractivity contribution in [1.29, 1.82) is 0 Å². The van der Waals surface area contributed by atoms with Crippen molar-refractivity contribution in [3.8, 4) is 11.1 Å². The molecule has 4 heteroatoms. The molecule has 0 aliphatic heterocycles. The summed E-state index contributed by atoms with van der Waals surface area (Å²) in [6.07, 6.45) is 2.13. The molecular weight excluding hydrogens is 516 g/mol. The summed E-state index contributed by atoms with van der Waals surface area (Å²) in [7, 11) is 4.22. The van der Waals surface area contributed by atoms with E-state index < -0.39 is 11.0 Å². The van der Waals surface area contributed by atoms with E-state index in [4.69, 9.17) is 12.3 Å². The first-order chi connectivity index (χ1) is 19.4. The normalized spacial score (nSPS) is 28.9. The fourth-order valence-corrected chi connectivity index (χ4v) is 9.34. The number of hydrogen-bond acceptors (Lipinski definition) is 4. The molecule has 4 atom stereocenters. The molecule has 3 aliphatic carbocycles. The molecule has 5 rings (SSSR count). The fraction of sp³-hybridized carbons (Fsp3) is 0.421. The van der Waals surface area contributed by atoms with Crippen LogP contribution < -0.4 is 10.6 Å². The largest absolute Gasteiger partial charge is 0.511 e. The highest BCUT2D eigenvalue weighted by atomic mass is 16.3. The number of nitrogens with zero attached hydrogens (tertiary/aromatic N) is 1. The minimum Gasteiger partial charge on any atom is -0.511 e. The van der Waals surface area contributed by atoms with Gasteiger partial charge in [-0.15, -0.1) is 0 Å². The first-order valence-corrected chi connectivity index (χ1v) is 15.1. The van der Waals surface area contributed by atoms with Crippen LogP contribution in [-0.4, -0.2) is 29.9 Å². The predicted octanol–water partition coefficient (Wildman–Crippen LogP) is 8.26. The van der Waals surface area contributed by atoms with Gasteiger partial charge in [-0.2, -0.15) is 0 Å². The molecule has 0 fully saturated rings. The van der Waals surface area contributed by atoms with Gasteiger partial charge in [-0.05, 0) is 109 Å². The van der Waals surface area contributed by atoms with Gasteiger partial charge >= 0.3 is 0 Å². The van der Waals surface area contributed by atoms with Crippen LogP contribution in [0.5, 0.6) is 0 Å². The lowest BCUT2D eigenvalue weighted by Crippen LogP contribution is -2.62. The number of aryl methyl sites for hydroxylation is 2. The Bertz CT molecular complexity index is 1630. The zero-order valence-electron chi connectivity index (χ0n) is 27.0. The number of nitrogens with two attached hydrogens (primary N) is 1. The first-order valence-electron chi connectivity index (χ1n) is 15.1. The summed E-state index contributed by atoms with van der Waals surface area (Å²) in [6, 6.07) is 9.06. The number of aliphatic hydroxyl groups is 2. The first kappa shape index (κ1) is 30.0. The molecule has 4 nitrogen and oxygen atoms in total. The molecule has 0 aromatic heterocycles. The van der Waals surface area contributed by atoms with Crippen molar-refractivity contribution in [2.75, 3.05) is 19.0 Å². The third kappa shape index (κ3) is 3.77. The van der Waals surface area contributed by atoms with E-state index in [9.17, 15) is 10.2 Å². The van der Waals surface area contributed by atoms with Crippen LogP contribution >= 0.6 is 0 Å². The maximum atomic E-state index is 12.9. The predicted molar refractivity (Wildman–Crippen MR) is 178 cm³/mol. The highest BCUT2D eigenvalue weighted by Gasteiger charge is 2.65. The number of rotatable bonds is 4. The van der Waals surface area contributed by atoms with Crippen LogP contribution in [0.15, 0.2) is 77.8 Å². The highest BCUT2D eigenvalue weighted by molar-refractivity contribution is 5.93. The molecule has 0 radical (unpaired) electrons. The molecule has 0 heterocycles. The number of allylic oxidation sites excluding steroid dienone is 4. The Morgan fingerprint density at radius 3 is 2.17 bits per heavy atom. The Morgan fingerprint density at radius 1 is 1.05 bits per heavy atom. The number of aliphatic hydroxyl groups excluding tert-OH is 1. The second-order valence-corrected chi connectivity index (χ2v) is 13.9. The van der Waals surface area contributed by atoms with Gasteiger partial charge in [-0.1, -0.05) is 69.8 Å². The van der Waals surface area contributed by atoms with Crippen molar-refractivity contribution in [3.63, 3.8) is 0 Å². The maximum absolute atomic E-state index is 12.9. The number of anilines is 1. The van der Waals surface area contributed by atoms with Gasteiger partial charge in [-0.25, -0.2) is 0 Å². The lowest BCUT2D eigenvalue weighted by atomic mass is 9.43. The highest BCUT2D eigenvalue weighted by Crippen LogP contribution is 2.68. The monoisotopic (exact) mass is 564 g/mol. The second-order valence-electron chi connectivity index (χ2n) is 13.9. The van der Waals surface area contributed by atoms with Crippen LogP contribution in [0, 0.1) is 37.5 Å². The van der Waals surface area contributed by atoms with E-state index in [0.29, 0.717) is 24.0 Å². The third-order valence-electron chi connectivity index (χ3n) is 10.8. The molecule has 2 aromatic rings. The van der Waals surface area contributed by atoms with Crippen LogP contribution in [0.1, 0.15) is 68.4 Å². The molecule has 2 aromatic carbocycles. The molecule has 3 aliphatic rings. The Balaban J connectivity index is 1.83. The van der Waals surface area contributed by atoms with E-state index in [1.54, 1.807) is 0 Å². The number of fused-ring (bicyclic) bond motifs is 3. The van der Waals surface area contributed by atoms with Crippen LogP contribution in [0.2, 0.25) is 0 Å². The molecule has 0 saturated heterocycles. The summed E-state index contributed by atoms with van der Waals surface area (Å²) in [5.74, 6) is -0.103. The Kier molecular flexibility index (Phi) is 6.78. The Labute approximate surface area is 252 Å². The van der Waals surface area contributed by atoms with Crippen molar-refractivity contribution in [3.05, 3.63) is 106 Å². The third-order valence-corrected chi connectivity index (χ3v) is 10.8. The van der Waals surface area contributed by atoms with Crippen molar-refractivity contribution >= 4 is 11.3 Å².